The van der Waals surface area contributed by atoms with Crippen molar-refractivity contribution in [1.82, 2.24) is 0 Å². The predicted octanol–water partition coefficient (Wildman–Crippen LogP) is 1.03. The van der Waals surface area contributed by atoms with Gasteiger partial charge < -0.3 is 9.29 Å². The van der Waals surface area contributed by atoms with E-state index in [0.29, 0.717) is 0 Å². The molecule has 0 fully saturated rings. The molecule has 0 amide bonds. The standard InChI is InChI=1S/C14H14IO.C7H8O3S/c1-11-5-3-4-6-14(11)15-12-7-9-13(16-2)10-8-12;1-6-2-4-7(5-3-6)11(8,9)10/h3-10H,1-2H3;2-5H,1H3,(H,8,9,10)/q+1;/p-1. The van der Waals surface area contributed by atoms with Crippen molar-refractivity contribution < 1.29 is 38.9 Å². The predicted molar refractivity (Wildman–Crippen MR) is 101 cm³/mol. The summed E-state index contributed by atoms with van der Waals surface area (Å²) in [6, 6.07) is 22.8. The summed E-state index contributed by atoms with van der Waals surface area (Å²) in [6.45, 7) is 4.00. The lowest BCUT2D eigenvalue weighted by Gasteiger charge is -2.05. The summed E-state index contributed by atoms with van der Waals surface area (Å²) in [7, 11) is -2.57. The second kappa shape index (κ2) is 9.87. The minimum absolute atomic E-state index is 0.0667. The van der Waals surface area contributed by atoms with Gasteiger partial charge in [0.2, 0.25) is 0 Å². The molecule has 27 heavy (non-hydrogen) atoms. The van der Waals surface area contributed by atoms with E-state index < -0.39 is 10.1 Å². The zero-order valence-corrected chi connectivity index (χ0v) is 18.3. The van der Waals surface area contributed by atoms with Crippen LogP contribution in [-0.2, 0) is 10.1 Å². The molecule has 0 aromatic heterocycles. The molecule has 0 radical (unpaired) electrons. The van der Waals surface area contributed by atoms with E-state index in [0.717, 1.165) is 11.3 Å². The number of hydrogen-bond donors (Lipinski definition) is 0. The van der Waals surface area contributed by atoms with Crippen LogP contribution in [0.2, 0.25) is 0 Å². The van der Waals surface area contributed by atoms with E-state index in [4.69, 9.17) is 4.74 Å². The van der Waals surface area contributed by atoms with Crippen molar-refractivity contribution in [1.29, 1.82) is 0 Å². The van der Waals surface area contributed by atoms with Crippen LogP contribution in [0.4, 0.5) is 0 Å². The van der Waals surface area contributed by atoms with Crippen molar-refractivity contribution in [3.8, 4) is 5.75 Å². The molecule has 0 aliphatic heterocycles. The monoisotopic (exact) mass is 496 g/mol. The van der Waals surface area contributed by atoms with Gasteiger partial charge in [0.05, 0.1) is 12.0 Å². The fourth-order valence-electron chi connectivity index (χ4n) is 2.11. The first-order chi connectivity index (χ1) is 12.8. The molecule has 0 unspecified atom stereocenters. The molecular weight excluding hydrogens is 475 g/mol. The van der Waals surface area contributed by atoms with E-state index >= 15 is 0 Å². The molecule has 0 N–H and O–H groups in total. The Morgan fingerprint density at radius 1 is 0.852 bits per heavy atom. The van der Waals surface area contributed by atoms with E-state index in [1.54, 1.807) is 19.2 Å². The Morgan fingerprint density at radius 2 is 1.44 bits per heavy atom. The highest BCUT2D eigenvalue weighted by Crippen LogP contribution is 2.08. The highest BCUT2D eigenvalue weighted by Gasteiger charge is 2.17. The van der Waals surface area contributed by atoms with Crippen LogP contribution in [0.1, 0.15) is 11.1 Å². The molecule has 4 nitrogen and oxygen atoms in total. The molecule has 6 heteroatoms. The fourth-order valence-corrected chi connectivity index (χ4v) is 4.97. The summed E-state index contributed by atoms with van der Waals surface area (Å²) < 4.78 is 39.2. The van der Waals surface area contributed by atoms with Crippen molar-refractivity contribution in [2.24, 2.45) is 0 Å². The first-order valence-corrected chi connectivity index (χ1v) is 11.7. The number of hydrogen-bond acceptors (Lipinski definition) is 4. The average Bonchev–Trinajstić information content (AvgIpc) is 2.64. The van der Waals surface area contributed by atoms with Crippen molar-refractivity contribution >= 4 is 10.1 Å². The number of aryl methyl sites for hydroxylation is 2. The molecule has 0 saturated carbocycles. The van der Waals surface area contributed by atoms with Crippen molar-refractivity contribution in [3.63, 3.8) is 0 Å². The molecule has 142 valence electrons. The van der Waals surface area contributed by atoms with Crippen LogP contribution in [0.15, 0.2) is 77.7 Å². The summed E-state index contributed by atoms with van der Waals surface area (Å²) >= 11 is -0.0667. The third-order valence-electron chi connectivity index (χ3n) is 3.65. The largest absolute Gasteiger partial charge is 0.744 e. The van der Waals surface area contributed by atoms with Gasteiger partial charge in [-0.25, -0.2) is 8.42 Å². The lowest BCUT2D eigenvalue weighted by molar-refractivity contribution is -0.598. The van der Waals surface area contributed by atoms with Crippen LogP contribution in [0.3, 0.4) is 0 Å². The molecule has 0 saturated heterocycles. The van der Waals surface area contributed by atoms with Crippen LogP contribution >= 0.6 is 0 Å². The Kier molecular flexibility index (Phi) is 7.82. The van der Waals surface area contributed by atoms with Gasteiger partial charge in [-0.2, -0.15) is 0 Å². The maximum absolute atomic E-state index is 10.4. The van der Waals surface area contributed by atoms with Crippen molar-refractivity contribution in [3.05, 3.63) is 91.1 Å². The highest BCUT2D eigenvalue weighted by molar-refractivity contribution is 7.85. The van der Waals surface area contributed by atoms with E-state index in [-0.39, 0.29) is 26.1 Å². The highest BCUT2D eigenvalue weighted by atomic mass is 127. The van der Waals surface area contributed by atoms with E-state index in [1.807, 2.05) is 19.1 Å². The van der Waals surface area contributed by atoms with E-state index in [9.17, 15) is 13.0 Å². The fraction of sp³-hybridized carbons (Fsp3) is 0.143. The zero-order chi connectivity index (χ0) is 19.9. The Bertz CT molecular complexity index is 966. The maximum Gasteiger partial charge on any atom is 0.358 e. The molecule has 0 aliphatic carbocycles. The lowest BCUT2D eigenvalue weighted by atomic mass is 10.2. The summed E-state index contributed by atoms with van der Waals surface area (Å²) in [5.74, 6) is 0.928. The molecule has 3 aromatic rings. The summed E-state index contributed by atoms with van der Waals surface area (Å²) in [5, 5.41) is 0. The minimum atomic E-state index is -4.27. The first kappa shape index (κ1) is 21.4. The van der Waals surface area contributed by atoms with Gasteiger partial charge in [-0.05, 0) is 56.3 Å². The van der Waals surface area contributed by atoms with Crippen LogP contribution < -0.4 is 25.9 Å². The third-order valence-corrected chi connectivity index (χ3v) is 7.63. The van der Waals surface area contributed by atoms with Gasteiger partial charge in [0.15, 0.2) is 7.14 Å². The quantitative estimate of drug-likeness (QED) is 0.400. The molecule has 0 aliphatic rings. The molecular formula is C21H21IO4S. The van der Waals surface area contributed by atoms with Crippen LogP contribution in [0.5, 0.6) is 5.75 Å². The van der Waals surface area contributed by atoms with Gasteiger partial charge in [0.25, 0.3) is 0 Å². The summed E-state index contributed by atoms with van der Waals surface area (Å²) in [6.07, 6.45) is 0. The first-order valence-electron chi connectivity index (χ1n) is 8.16. The van der Waals surface area contributed by atoms with E-state index in [2.05, 4.69) is 43.3 Å². The molecule has 0 atom stereocenters. The zero-order valence-electron chi connectivity index (χ0n) is 15.3. The lowest BCUT2D eigenvalue weighted by Crippen LogP contribution is -3.61. The van der Waals surface area contributed by atoms with Gasteiger partial charge in [-0.3, -0.25) is 0 Å². The summed E-state index contributed by atoms with van der Waals surface area (Å²) in [5.41, 5.74) is 2.32. The second-order valence-electron chi connectivity index (χ2n) is 5.77. The Labute approximate surface area is 171 Å². The average molecular weight is 496 g/mol. The van der Waals surface area contributed by atoms with Crippen LogP contribution in [0.25, 0.3) is 0 Å². The van der Waals surface area contributed by atoms with Gasteiger partial charge in [0, 0.05) is 5.56 Å². The number of benzene rings is 3. The molecule has 3 aromatic carbocycles. The summed E-state index contributed by atoms with van der Waals surface area (Å²) in [4.78, 5) is -0.178. The number of rotatable bonds is 4. The SMILES string of the molecule is COc1ccc([I+]c2ccccc2C)cc1.Cc1ccc(S(=O)(=O)[O-])cc1. The Balaban J connectivity index is 0.000000208. The van der Waals surface area contributed by atoms with E-state index in [1.165, 1.54) is 24.8 Å². The van der Waals surface area contributed by atoms with Crippen LogP contribution in [-0.4, -0.2) is 20.1 Å². The van der Waals surface area contributed by atoms with Crippen LogP contribution in [0, 0.1) is 21.0 Å². The number of ether oxygens (including phenoxy) is 1. The smallest absolute Gasteiger partial charge is 0.358 e. The Hall–Kier alpha value is -1.90. The maximum atomic E-state index is 10.4. The molecule has 0 heterocycles. The minimum Gasteiger partial charge on any atom is -0.744 e. The van der Waals surface area contributed by atoms with Gasteiger partial charge in [0.1, 0.15) is 15.9 Å². The topological polar surface area (TPSA) is 66.4 Å². The molecule has 0 spiro atoms. The van der Waals surface area contributed by atoms with Gasteiger partial charge >= 0.3 is 21.2 Å². The molecule has 0 bridgehead atoms. The second-order valence-corrected chi connectivity index (χ2v) is 10.1. The molecule has 3 rings (SSSR count). The Morgan fingerprint density at radius 3 is 1.96 bits per heavy atom. The normalized spacial score (nSPS) is 10.7. The third kappa shape index (κ3) is 6.97. The van der Waals surface area contributed by atoms with Crippen molar-refractivity contribution in [2.45, 2.75) is 18.7 Å². The number of methoxy groups -OCH3 is 1. The van der Waals surface area contributed by atoms with Gasteiger partial charge in [-0.1, -0.05) is 35.9 Å². The van der Waals surface area contributed by atoms with Crippen molar-refractivity contribution in [2.75, 3.05) is 7.11 Å². The number of halogens is 1. The van der Waals surface area contributed by atoms with Gasteiger partial charge in [-0.15, -0.1) is 0 Å².